The number of allylic oxidation sites excluding steroid dienone is 1. The van der Waals surface area contributed by atoms with Crippen molar-refractivity contribution < 1.29 is 0 Å². The fraction of sp³-hybridized carbons (Fsp3) is 0.107. The van der Waals surface area contributed by atoms with Gasteiger partial charge in [0.15, 0.2) is 0 Å². The first-order valence-corrected chi connectivity index (χ1v) is 11.6. The Kier molecular flexibility index (Phi) is 4.95. The zero-order chi connectivity index (χ0) is 23.9. The van der Waals surface area contributed by atoms with Crippen molar-refractivity contribution >= 4 is 27.5 Å². The lowest BCUT2D eigenvalue weighted by atomic mass is 10.0. The van der Waals surface area contributed by atoms with Gasteiger partial charge in [0.1, 0.15) is 5.69 Å². The first-order valence-electron chi connectivity index (χ1n) is 11.6. The molecule has 0 bridgehead atoms. The van der Waals surface area contributed by atoms with Crippen molar-refractivity contribution in [3.8, 4) is 28.2 Å². The highest BCUT2D eigenvalue weighted by Gasteiger charge is 2.14. The maximum atomic E-state index is 4.66. The minimum Gasteiger partial charge on any atom is -0.358 e. The van der Waals surface area contributed by atoms with Crippen LogP contribution in [0.3, 0.4) is 0 Å². The minimum absolute atomic E-state index is 0.862. The Morgan fingerprint density at radius 3 is 2.77 bits per heavy atom. The average molecular weight is 460 g/mol. The van der Waals surface area contributed by atoms with Gasteiger partial charge in [0.05, 0.1) is 40.8 Å². The second-order valence-electron chi connectivity index (χ2n) is 8.72. The van der Waals surface area contributed by atoms with Gasteiger partial charge in [0, 0.05) is 39.9 Å². The monoisotopic (exact) mass is 459 g/mol. The number of pyridine rings is 1. The lowest BCUT2D eigenvalue weighted by Gasteiger charge is -2.09. The van der Waals surface area contributed by atoms with Crippen LogP contribution in [-0.4, -0.2) is 29.7 Å². The number of imidazole rings is 1. The molecule has 0 unspecified atom stereocenters. The molecule has 172 valence electrons. The fourth-order valence-corrected chi connectivity index (χ4v) is 4.40. The van der Waals surface area contributed by atoms with E-state index in [2.05, 4.69) is 97.1 Å². The van der Waals surface area contributed by atoms with Crippen LogP contribution in [0.4, 0.5) is 5.69 Å². The van der Waals surface area contributed by atoms with Crippen LogP contribution in [-0.2, 0) is 0 Å². The van der Waals surface area contributed by atoms with Gasteiger partial charge in [-0.15, -0.1) is 0 Å². The van der Waals surface area contributed by atoms with Crippen LogP contribution in [0.5, 0.6) is 0 Å². The van der Waals surface area contributed by atoms with Crippen molar-refractivity contribution in [2.45, 2.75) is 20.3 Å². The molecule has 4 heterocycles. The third kappa shape index (κ3) is 3.77. The third-order valence-electron chi connectivity index (χ3n) is 6.27. The number of nitrogens with one attached hydrogen (secondary N) is 3. The van der Waals surface area contributed by atoms with Crippen LogP contribution in [0.1, 0.15) is 19.0 Å². The number of nitrogens with zero attached hydrogens (tertiary/aromatic N) is 4. The Hall–Kier alpha value is -4.65. The first-order chi connectivity index (χ1) is 17.1. The highest BCUT2D eigenvalue weighted by atomic mass is 15.1. The molecule has 7 nitrogen and oxygen atoms in total. The number of aryl methyl sites for hydroxylation is 1. The Bertz CT molecular complexity index is 1700. The normalized spacial score (nSPS) is 11.4. The van der Waals surface area contributed by atoms with E-state index < -0.39 is 0 Å². The van der Waals surface area contributed by atoms with Gasteiger partial charge in [-0.2, -0.15) is 5.10 Å². The molecule has 3 N–H and O–H groups in total. The van der Waals surface area contributed by atoms with Crippen LogP contribution < -0.4 is 5.32 Å². The SMILES string of the molecule is C=C(CC)Nc1cncc(-c2ccc3[nH]nc(-c4cc5c(-n6cnc(C)c6)cccc5[nH]4)c3c2)c1. The molecule has 0 aliphatic heterocycles. The van der Waals surface area contributed by atoms with Crippen LogP contribution >= 0.6 is 0 Å². The summed E-state index contributed by atoms with van der Waals surface area (Å²) in [5.74, 6) is 0. The van der Waals surface area contributed by atoms with Crippen LogP contribution in [0, 0.1) is 6.92 Å². The number of anilines is 1. The second kappa shape index (κ2) is 8.29. The summed E-state index contributed by atoms with van der Waals surface area (Å²) in [7, 11) is 0. The quantitative estimate of drug-likeness (QED) is 0.262. The highest BCUT2D eigenvalue weighted by Crippen LogP contribution is 2.33. The maximum absolute atomic E-state index is 4.66. The van der Waals surface area contributed by atoms with E-state index in [4.69, 9.17) is 0 Å². The molecule has 0 atom stereocenters. The highest BCUT2D eigenvalue weighted by molar-refractivity contribution is 5.99. The van der Waals surface area contributed by atoms with E-state index in [1.54, 1.807) is 0 Å². The Labute approximate surface area is 202 Å². The molecule has 4 aromatic heterocycles. The molecule has 0 amide bonds. The van der Waals surface area contributed by atoms with Crippen molar-refractivity contribution in [3.05, 3.63) is 91.4 Å². The number of H-pyrrole nitrogens is 2. The summed E-state index contributed by atoms with van der Waals surface area (Å²) in [6.07, 6.45) is 8.44. The topological polar surface area (TPSA) is 87.2 Å². The Morgan fingerprint density at radius 1 is 1.03 bits per heavy atom. The van der Waals surface area contributed by atoms with Crippen molar-refractivity contribution in [1.29, 1.82) is 0 Å². The van der Waals surface area contributed by atoms with Gasteiger partial charge >= 0.3 is 0 Å². The molecular formula is C28H25N7. The van der Waals surface area contributed by atoms with E-state index in [0.717, 1.165) is 73.5 Å². The second-order valence-corrected chi connectivity index (χ2v) is 8.72. The maximum Gasteiger partial charge on any atom is 0.116 e. The molecule has 7 heteroatoms. The van der Waals surface area contributed by atoms with Crippen LogP contribution in [0.15, 0.2) is 85.7 Å². The lowest BCUT2D eigenvalue weighted by Crippen LogP contribution is -1.97. The van der Waals surface area contributed by atoms with Gasteiger partial charge in [-0.3, -0.25) is 10.1 Å². The summed E-state index contributed by atoms with van der Waals surface area (Å²) in [6, 6.07) is 16.8. The molecule has 6 aromatic rings. The van der Waals surface area contributed by atoms with Crippen LogP contribution in [0.25, 0.3) is 50.0 Å². The van der Waals surface area contributed by atoms with Crippen molar-refractivity contribution in [2.24, 2.45) is 0 Å². The summed E-state index contributed by atoms with van der Waals surface area (Å²) < 4.78 is 2.05. The summed E-state index contributed by atoms with van der Waals surface area (Å²) in [4.78, 5) is 12.4. The van der Waals surface area contributed by atoms with Crippen molar-refractivity contribution in [3.63, 3.8) is 0 Å². The molecule has 0 aliphatic rings. The molecule has 0 radical (unpaired) electrons. The Balaban J connectivity index is 1.43. The van der Waals surface area contributed by atoms with Gasteiger partial charge < -0.3 is 14.9 Å². The predicted octanol–water partition coefficient (Wildman–Crippen LogP) is 6.60. The first kappa shape index (κ1) is 20.9. The van der Waals surface area contributed by atoms with Gasteiger partial charge in [-0.05, 0) is 55.3 Å². The van der Waals surface area contributed by atoms with E-state index in [1.165, 1.54) is 0 Å². The van der Waals surface area contributed by atoms with E-state index in [9.17, 15) is 0 Å². The molecular weight excluding hydrogens is 434 g/mol. The lowest BCUT2D eigenvalue weighted by molar-refractivity contribution is 1.07. The number of rotatable bonds is 6. The van der Waals surface area contributed by atoms with Gasteiger partial charge in [0.2, 0.25) is 0 Å². The summed E-state index contributed by atoms with van der Waals surface area (Å²) in [5, 5.41) is 13.3. The van der Waals surface area contributed by atoms with Crippen LogP contribution in [0.2, 0.25) is 0 Å². The standard InChI is InChI=1S/C28H25N7/c1-4-17(2)31-21-10-20(13-29-14-21)19-8-9-25-23(11-19)28(34-33-25)26-12-22-24(32-26)6-5-7-27(22)35-15-18(3)30-16-35/h5-16,31-32H,2,4H2,1,3H3,(H,33,34). The molecule has 2 aromatic carbocycles. The van der Waals surface area contributed by atoms with E-state index in [1.807, 2.05) is 31.8 Å². The fourth-order valence-electron chi connectivity index (χ4n) is 4.40. The molecule has 0 aliphatic carbocycles. The Morgan fingerprint density at radius 2 is 1.94 bits per heavy atom. The smallest absolute Gasteiger partial charge is 0.116 e. The van der Waals surface area contributed by atoms with E-state index >= 15 is 0 Å². The number of aromatic nitrogens is 6. The van der Waals surface area contributed by atoms with E-state index in [0.29, 0.717) is 0 Å². The summed E-state index contributed by atoms with van der Waals surface area (Å²) in [5.41, 5.74) is 9.93. The van der Waals surface area contributed by atoms with Gasteiger partial charge in [0.25, 0.3) is 0 Å². The number of aromatic amines is 2. The third-order valence-corrected chi connectivity index (χ3v) is 6.27. The molecule has 0 spiro atoms. The molecule has 0 saturated heterocycles. The van der Waals surface area contributed by atoms with Gasteiger partial charge in [-0.25, -0.2) is 4.98 Å². The molecule has 6 rings (SSSR count). The average Bonchev–Trinajstić information content (AvgIpc) is 3.61. The zero-order valence-corrected chi connectivity index (χ0v) is 19.6. The zero-order valence-electron chi connectivity index (χ0n) is 19.6. The summed E-state index contributed by atoms with van der Waals surface area (Å²) >= 11 is 0. The number of hydrogen-bond acceptors (Lipinski definition) is 4. The van der Waals surface area contributed by atoms with E-state index in [-0.39, 0.29) is 0 Å². The van der Waals surface area contributed by atoms with Crippen molar-refractivity contribution in [1.82, 2.24) is 29.7 Å². The molecule has 0 fully saturated rings. The largest absolute Gasteiger partial charge is 0.358 e. The molecule has 0 saturated carbocycles. The van der Waals surface area contributed by atoms with Crippen molar-refractivity contribution in [2.75, 3.05) is 5.32 Å². The number of hydrogen-bond donors (Lipinski definition) is 3. The predicted molar refractivity (Wildman–Crippen MR) is 142 cm³/mol. The molecule has 35 heavy (non-hydrogen) atoms. The number of benzene rings is 2. The number of fused-ring (bicyclic) bond motifs is 2. The van der Waals surface area contributed by atoms with Gasteiger partial charge in [-0.1, -0.05) is 25.6 Å². The summed E-state index contributed by atoms with van der Waals surface area (Å²) in [6.45, 7) is 8.10. The minimum atomic E-state index is 0.862.